The smallest absolute Gasteiger partial charge is 0.257 e. The van der Waals surface area contributed by atoms with Gasteiger partial charge in [-0.15, -0.1) is 0 Å². The number of halogens is 3. The van der Waals surface area contributed by atoms with Crippen molar-refractivity contribution < 1.29 is 22.8 Å². The number of aliphatic hydroxyl groups is 1. The number of aromatic nitrogens is 3. The number of nitrogens with one attached hydrogen (secondary N) is 1. The van der Waals surface area contributed by atoms with Crippen LogP contribution >= 0.6 is 11.6 Å². The zero-order valence-electron chi connectivity index (χ0n) is 19.5. The lowest BCUT2D eigenvalue weighted by Gasteiger charge is -2.14. The van der Waals surface area contributed by atoms with Gasteiger partial charge in [0.05, 0.1) is 5.69 Å². The van der Waals surface area contributed by atoms with Crippen LogP contribution in [0.4, 0.5) is 20.3 Å². The Kier molecular flexibility index (Phi) is 4.61. The Labute approximate surface area is 190 Å². The Morgan fingerprint density at radius 2 is 2.09 bits per heavy atom. The zero-order valence-corrected chi connectivity index (χ0v) is 17.3. The standard InChI is InChI=1S/C22H18ClF2N5O2/c1-10-9-27-21(26)19-18(28-11(2)30(10)19)14-6-7-15(17(25)16(14)24)29-22(32)20(31)12-4-3-5-13(23)8-12/h3-9,20,31H,1-2H3,(H2,26,27)(H,29,32)/t20-/m0/s1/i2D3. The molecular formula is C22H18ClF2N5O2. The van der Waals surface area contributed by atoms with Gasteiger partial charge in [-0.3, -0.25) is 9.20 Å². The number of hydrogen-bond donors (Lipinski definition) is 3. The highest BCUT2D eigenvalue weighted by molar-refractivity contribution is 6.30. The first kappa shape index (κ1) is 18.1. The molecule has 7 nitrogen and oxygen atoms in total. The number of carbonyl (C=O) groups is 1. The van der Waals surface area contributed by atoms with Crippen LogP contribution in [0.3, 0.4) is 0 Å². The second kappa shape index (κ2) is 8.18. The number of aryl methyl sites for hydroxylation is 2. The predicted octanol–water partition coefficient (Wildman–Crippen LogP) is 4.20. The van der Waals surface area contributed by atoms with Gasteiger partial charge in [0.2, 0.25) is 0 Å². The molecule has 1 amide bonds. The SMILES string of the molecule is [2H]C([2H])([2H])c1nc(-c2ccc(NC(=O)[C@@H](O)c3cccc(Cl)c3)c(F)c2F)c2c(N)ncc(C)n12. The monoisotopic (exact) mass is 460 g/mol. The van der Waals surface area contributed by atoms with E-state index in [0.717, 1.165) is 12.1 Å². The number of aliphatic hydroxyl groups excluding tert-OH is 1. The zero-order chi connectivity index (χ0) is 25.7. The molecule has 0 bridgehead atoms. The van der Waals surface area contributed by atoms with E-state index in [4.69, 9.17) is 21.4 Å². The number of nitrogens with two attached hydrogens (primary N) is 1. The Morgan fingerprint density at radius 3 is 2.81 bits per heavy atom. The van der Waals surface area contributed by atoms with Crippen LogP contribution in [0.15, 0.2) is 42.6 Å². The van der Waals surface area contributed by atoms with Crippen molar-refractivity contribution in [2.24, 2.45) is 0 Å². The first-order valence-corrected chi connectivity index (χ1v) is 9.64. The highest BCUT2D eigenvalue weighted by atomic mass is 35.5. The average Bonchev–Trinajstić information content (AvgIpc) is 3.21. The number of benzene rings is 2. The number of nitrogens with zero attached hydrogens (tertiary/aromatic N) is 3. The van der Waals surface area contributed by atoms with Crippen molar-refractivity contribution in [1.29, 1.82) is 0 Å². The molecule has 164 valence electrons. The van der Waals surface area contributed by atoms with Gasteiger partial charge in [-0.05, 0) is 43.6 Å². The van der Waals surface area contributed by atoms with E-state index in [1.807, 2.05) is 0 Å². The van der Waals surface area contributed by atoms with E-state index in [0.29, 0.717) is 5.69 Å². The molecule has 4 rings (SSSR count). The van der Waals surface area contributed by atoms with Crippen molar-refractivity contribution in [3.63, 3.8) is 0 Å². The number of hydrogen-bond acceptors (Lipinski definition) is 5. The maximum atomic E-state index is 15.2. The molecule has 1 atom stereocenters. The van der Waals surface area contributed by atoms with E-state index >= 15 is 4.39 Å². The fourth-order valence-electron chi connectivity index (χ4n) is 3.33. The van der Waals surface area contributed by atoms with Gasteiger partial charge in [-0.1, -0.05) is 23.7 Å². The molecule has 0 radical (unpaired) electrons. The van der Waals surface area contributed by atoms with Crippen LogP contribution in [0.2, 0.25) is 5.02 Å². The number of nitrogen functional groups attached to an aromatic ring is 1. The molecule has 4 N–H and O–H groups in total. The highest BCUT2D eigenvalue weighted by Gasteiger charge is 2.24. The summed E-state index contributed by atoms with van der Waals surface area (Å²) < 4.78 is 54.7. The summed E-state index contributed by atoms with van der Waals surface area (Å²) in [6.07, 6.45) is -0.354. The number of carbonyl (C=O) groups excluding carboxylic acids is 1. The number of amides is 1. The lowest BCUT2D eigenvalue weighted by atomic mass is 10.1. The molecule has 2 aromatic heterocycles. The van der Waals surface area contributed by atoms with Crippen molar-refractivity contribution in [3.05, 3.63) is 76.3 Å². The number of imidazole rings is 1. The molecule has 0 aliphatic heterocycles. The van der Waals surface area contributed by atoms with Gasteiger partial charge in [0.1, 0.15) is 22.9 Å². The number of rotatable bonds is 4. The van der Waals surface area contributed by atoms with Crippen LogP contribution in [0.1, 0.15) is 27.3 Å². The Balaban J connectivity index is 1.76. The maximum absolute atomic E-state index is 15.2. The van der Waals surface area contributed by atoms with E-state index in [1.54, 1.807) is 13.0 Å². The lowest BCUT2D eigenvalue weighted by molar-refractivity contribution is -0.124. The molecule has 0 aliphatic carbocycles. The largest absolute Gasteiger partial charge is 0.382 e. The fourth-order valence-corrected chi connectivity index (χ4v) is 3.53. The molecule has 2 aromatic carbocycles. The third-order valence-corrected chi connectivity index (χ3v) is 5.11. The number of fused-ring (bicyclic) bond motifs is 1. The molecule has 32 heavy (non-hydrogen) atoms. The van der Waals surface area contributed by atoms with E-state index in [2.05, 4.69) is 15.3 Å². The normalized spacial score (nSPS) is 14.0. The first-order chi connectivity index (χ1) is 16.4. The van der Waals surface area contributed by atoms with Crippen molar-refractivity contribution in [2.45, 2.75) is 19.9 Å². The highest BCUT2D eigenvalue weighted by Crippen LogP contribution is 2.34. The van der Waals surface area contributed by atoms with Gasteiger partial charge >= 0.3 is 0 Å². The Bertz CT molecular complexity index is 1480. The summed E-state index contributed by atoms with van der Waals surface area (Å²) in [5.74, 6) is -4.38. The quantitative estimate of drug-likeness (QED) is 0.423. The molecule has 0 saturated carbocycles. The van der Waals surface area contributed by atoms with Crippen LogP contribution in [0.25, 0.3) is 16.8 Å². The van der Waals surface area contributed by atoms with Crippen molar-refractivity contribution in [2.75, 3.05) is 11.1 Å². The Morgan fingerprint density at radius 1 is 1.31 bits per heavy atom. The van der Waals surface area contributed by atoms with Gasteiger partial charge < -0.3 is 16.2 Å². The van der Waals surface area contributed by atoms with Crippen molar-refractivity contribution in [1.82, 2.24) is 14.4 Å². The molecule has 0 fully saturated rings. The Hall–Kier alpha value is -3.56. The van der Waals surface area contributed by atoms with E-state index in [9.17, 15) is 14.3 Å². The molecule has 4 aromatic rings. The van der Waals surface area contributed by atoms with Gasteiger partial charge in [0.15, 0.2) is 17.7 Å². The predicted molar refractivity (Wildman–Crippen MR) is 117 cm³/mol. The molecule has 0 spiro atoms. The van der Waals surface area contributed by atoms with E-state index < -0.39 is 42.0 Å². The maximum Gasteiger partial charge on any atom is 0.257 e. The molecular weight excluding hydrogens is 440 g/mol. The van der Waals surface area contributed by atoms with Crippen LogP contribution in [0.5, 0.6) is 0 Å². The third kappa shape index (κ3) is 3.65. The van der Waals surface area contributed by atoms with Gasteiger partial charge in [-0.25, -0.2) is 18.7 Å². The summed E-state index contributed by atoms with van der Waals surface area (Å²) in [5, 5.41) is 12.7. The third-order valence-electron chi connectivity index (χ3n) is 4.87. The van der Waals surface area contributed by atoms with Crippen molar-refractivity contribution in [3.8, 4) is 11.3 Å². The van der Waals surface area contributed by atoms with Crippen LogP contribution in [-0.4, -0.2) is 25.4 Å². The average molecular weight is 461 g/mol. The summed E-state index contributed by atoms with van der Waals surface area (Å²) in [7, 11) is 0. The van der Waals surface area contributed by atoms with E-state index in [1.165, 1.54) is 28.8 Å². The summed E-state index contributed by atoms with van der Waals surface area (Å²) in [5.41, 5.74) is 5.32. The fraction of sp³-hybridized carbons (Fsp3) is 0.136. The minimum atomic E-state index is -2.68. The van der Waals surface area contributed by atoms with Crippen LogP contribution in [-0.2, 0) is 4.79 Å². The lowest BCUT2D eigenvalue weighted by Crippen LogP contribution is -2.21. The molecule has 10 heteroatoms. The van der Waals surface area contributed by atoms with Gasteiger partial charge in [0.25, 0.3) is 5.91 Å². The minimum absolute atomic E-state index is 0.00240. The second-order valence-electron chi connectivity index (χ2n) is 6.99. The number of anilines is 2. The topological polar surface area (TPSA) is 106 Å². The first-order valence-electron chi connectivity index (χ1n) is 10.8. The summed E-state index contributed by atoms with van der Waals surface area (Å²) in [6.45, 7) is -1.11. The minimum Gasteiger partial charge on any atom is -0.382 e. The summed E-state index contributed by atoms with van der Waals surface area (Å²) >= 11 is 5.86. The molecule has 0 unspecified atom stereocenters. The molecule has 0 saturated heterocycles. The molecule has 2 heterocycles. The van der Waals surface area contributed by atoms with Crippen LogP contribution in [0, 0.1) is 25.4 Å². The van der Waals surface area contributed by atoms with Crippen LogP contribution < -0.4 is 11.1 Å². The molecule has 0 aliphatic rings. The summed E-state index contributed by atoms with van der Waals surface area (Å²) in [6, 6.07) is 8.06. The van der Waals surface area contributed by atoms with Gasteiger partial charge in [-0.2, -0.15) is 0 Å². The van der Waals surface area contributed by atoms with Gasteiger partial charge in [0, 0.05) is 26.6 Å². The second-order valence-corrected chi connectivity index (χ2v) is 7.42. The van der Waals surface area contributed by atoms with E-state index in [-0.39, 0.29) is 33.2 Å². The van der Waals surface area contributed by atoms with Crippen molar-refractivity contribution >= 4 is 34.5 Å². The summed E-state index contributed by atoms with van der Waals surface area (Å²) in [4.78, 5) is 20.4.